The van der Waals surface area contributed by atoms with Gasteiger partial charge >= 0.3 is 0 Å². The lowest BCUT2D eigenvalue weighted by molar-refractivity contribution is 0.0696. The van der Waals surface area contributed by atoms with Crippen LogP contribution in [0.5, 0.6) is 0 Å². The van der Waals surface area contributed by atoms with E-state index in [1.807, 2.05) is 35.2 Å². The molecule has 1 N–H and O–H groups in total. The fourth-order valence-corrected chi connectivity index (χ4v) is 5.22. The van der Waals surface area contributed by atoms with Crippen LogP contribution in [0, 0.1) is 0 Å². The van der Waals surface area contributed by atoms with E-state index in [-0.39, 0.29) is 16.8 Å². The van der Waals surface area contributed by atoms with Crippen LogP contribution >= 0.6 is 11.3 Å². The second kappa shape index (κ2) is 7.50. The molecule has 7 heteroatoms. The van der Waals surface area contributed by atoms with Crippen molar-refractivity contribution in [2.75, 3.05) is 13.6 Å². The first kappa shape index (κ1) is 18.9. The maximum Gasteiger partial charge on any atom is 0.254 e. The number of hydrogen-bond donors (Lipinski definition) is 1. The lowest BCUT2D eigenvalue weighted by Gasteiger charge is -2.36. The zero-order valence-corrected chi connectivity index (χ0v) is 17.0. The fourth-order valence-electron chi connectivity index (χ4n) is 3.59. The molecule has 1 aromatic heterocycles. The van der Waals surface area contributed by atoms with Crippen LogP contribution in [0.25, 0.3) is 0 Å². The summed E-state index contributed by atoms with van der Waals surface area (Å²) in [5.74, 6) is -0.0980. The van der Waals surface area contributed by atoms with Crippen LogP contribution in [-0.2, 0) is 16.4 Å². The molecule has 1 aliphatic rings. The molecule has 0 spiro atoms. The van der Waals surface area contributed by atoms with Gasteiger partial charge in [0.1, 0.15) is 0 Å². The van der Waals surface area contributed by atoms with Gasteiger partial charge in [-0.25, -0.2) is 13.1 Å². The van der Waals surface area contributed by atoms with Crippen LogP contribution in [0.2, 0.25) is 0 Å². The van der Waals surface area contributed by atoms with E-state index in [1.165, 1.54) is 29.6 Å². The van der Waals surface area contributed by atoms with Gasteiger partial charge in [-0.1, -0.05) is 30.3 Å². The molecule has 5 nitrogen and oxygen atoms in total. The minimum atomic E-state index is -3.53. The smallest absolute Gasteiger partial charge is 0.254 e. The molecule has 3 aromatic rings. The Bertz CT molecular complexity index is 1090. The molecule has 0 unspecified atom stereocenters. The van der Waals surface area contributed by atoms with Crippen molar-refractivity contribution >= 4 is 27.3 Å². The highest BCUT2D eigenvalue weighted by Crippen LogP contribution is 2.38. The van der Waals surface area contributed by atoms with E-state index in [2.05, 4.69) is 16.2 Å². The Morgan fingerprint density at radius 2 is 1.79 bits per heavy atom. The van der Waals surface area contributed by atoms with Gasteiger partial charge < -0.3 is 4.90 Å². The number of carbonyl (C=O) groups excluding carboxylic acids is 1. The van der Waals surface area contributed by atoms with E-state index in [4.69, 9.17) is 0 Å². The highest BCUT2D eigenvalue weighted by molar-refractivity contribution is 7.89. The van der Waals surface area contributed by atoms with Crippen LogP contribution in [0.1, 0.15) is 32.4 Å². The Kier molecular flexibility index (Phi) is 5.05. The summed E-state index contributed by atoms with van der Waals surface area (Å²) in [4.78, 5) is 16.6. The van der Waals surface area contributed by atoms with Crippen LogP contribution in [0.3, 0.4) is 0 Å². The second-order valence-electron chi connectivity index (χ2n) is 6.59. The third kappa shape index (κ3) is 3.37. The number of sulfonamides is 1. The molecule has 1 amide bonds. The van der Waals surface area contributed by atoms with Gasteiger partial charge in [-0.3, -0.25) is 4.79 Å². The second-order valence-corrected chi connectivity index (χ2v) is 9.48. The maximum absolute atomic E-state index is 13.3. The summed E-state index contributed by atoms with van der Waals surface area (Å²) in [5.41, 5.74) is 2.73. The Morgan fingerprint density at radius 1 is 1.07 bits per heavy atom. The monoisotopic (exact) mass is 412 g/mol. The summed E-state index contributed by atoms with van der Waals surface area (Å²) in [5, 5.41) is 2.08. The molecule has 0 aliphatic carbocycles. The number of fused-ring (bicyclic) bond motifs is 1. The van der Waals surface area contributed by atoms with Crippen molar-refractivity contribution in [3.05, 3.63) is 87.6 Å². The zero-order chi connectivity index (χ0) is 19.7. The largest absolute Gasteiger partial charge is 0.327 e. The highest BCUT2D eigenvalue weighted by atomic mass is 32.2. The van der Waals surface area contributed by atoms with Crippen LogP contribution in [0.15, 0.2) is 70.9 Å². The fraction of sp³-hybridized carbons (Fsp3) is 0.190. The summed E-state index contributed by atoms with van der Waals surface area (Å²) < 4.78 is 26.1. The number of hydrogen-bond acceptors (Lipinski definition) is 4. The number of nitrogens with one attached hydrogen (secondary N) is 1. The molecule has 1 atom stereocenters. The third-order valence-corrected chi connectivity index (χ3v) is 7.45. The minimum Gasteiger partial charge on any atom is -0.327 e. The Labute approximate surface area is 168 Å². The van der Waals surface area contributed by atoms with E-state index < -0.39 is 10.0 Å². The van der Waals surface area contributed by atoms with Crippen molar-refractivity contribution in [3.8, 4) is 0 Å². The van der Waals surface area contributed by atoms with E-state index in [0.717, 1.165) is 12.0 Å². The Balaban J connectivity index is 1.70. The molecule has 4 rings (SSSR count). The molecule has 1 aliphatic heterocycles. The molecule has 2 aromatic carbocycles. The van der Waals surface area contributed by atoms with E-state index >= 15 is 0 Å². The van der Waals surface area contributed by atoms with Crippen molar-refractivity contribution in [2.24, 2.45) is 0 Å². The molecule has 0 fully saturated rings. The topological polar surface area (TPSA) is 66.5 Å². The SMILES string of the molecule is CNS(=O)(=O)c1ccc(C(=O)N2CCc3sccc3[C@@H]2c2ccccc2)cc1. The Hall–Kier alpha value is -2.48. The van der Waals surface area contributed by atoms with Crippen molar-refractivity contribution in [1.82, 2.24) is 9.62 Å². The first-order valence-electron chi connectivity index (χ1n) is 8.97. The number of amides is 1. The molecule has 0 saturated carbocycles. The van der Waals surface area contributed by atoms with E-state index in [1.54, 1.807) is 23.5 Å². The maximum atomic E-state index is 13.3. The summed E-state index contributed by atoms with van der Waals surface area (Å²) in [6.45, 7) is 0.627. The minimum absolute atomic E-state index is 0.0980. The standard InChI is InChI=1S/C21H20N2O3S2/c1-22-28(25,26)17-9-7-16(8-10-17)21(24)23-13-11-19-18(12-14-27-19)20(23)15-5-3-2-4-6-15/h2-10,12,14,20,22H,11,13H2,1H3/t20-/m0/s1. The number of nitrogens with zero attached hydrogens (tertiary/aromatic N) is 1. The summed E-state index contributed by atoms with van der Waals surface area (Å²) in [6, 6.07) is 18.1. The molecule has 0 saturated heterocycles. The van der Waals surface area contributed by atoms with Gasteiger partial charge in [-0.2, -0.15) is 0 Å². The summed E-state index contributed by atoms with van der Waals surface area (Å²) in [7, 11) is -2.16. The van der Waals surface area contributed by atoms with E-state index in [0.29, 0.717) is 12.1 Å². The molecule has 0 radical (unpaired) electrons. The summed E-state index contributed by atoms with van der Waals surface area (Å²) >= 11 is 1.73. The number of benzene rings is 2. The third-order valence-electron chi connectivity index (χ3n) is 5.02. The van der Waals surface area contributed by atoms with Crippen molar-refractivity contribution in [2.45, 2.75) is 17.4 Å². The van der Waals surface area contributed by atoms with Crippen LogP contribution in [0.4, 0.5) is 0 Å². The first-order valence-corrected chi connectivity index (χ1v) is 11.3. The van der Waals surface area contributed by atoms with Gasteiger partial charge in [0.2, 0.25) is 10.0 Å². The van der Waals surface area contributed by atoms with Gasteiger partial charge in [-0.05, 0) is 60.3 Å². The van der Waals surface area contributed by atoms with Gasteiger partial charge in [0, 0.05) is 17.0 Å². The normalized spacial score (nSPS) is 16.6. The van der Waals surface area contributed by atoms with Crippen LogP contribution < -0.4 is 4.72 Å². The van der Waals surface area contributed by atoms with Gasteiger partial charge in [0.25, 0.3) is 5.91 Å². The van der Waals surface area contributed by atoms with Crippen LogP contribution in [-0.4, -0.2) is 32.8 Å². The molecule has 2 heterocycles. The lowest BCUT2D eigenvalue weighted by Crippen LogP contribution is -2.40. The van der Waals surface area contributed by atoms with Crippen molar-refractivity contribution < 1.29 is 13.2 Å². The van der Waals surface area contributed by atoms with E-state index in [9.17, 15) is 13.2 Å². The quantitative estimate of drug-likeness (QED) is 0.714. The molecule has 0 bridgehead atoms. The average Bonchev–Trinajstić information content (AvgIpc) is 3.22. The number of rotatable bonds is 4. The van der Waals surface area contributed by atoms with Crippen molar-refractivity contribution in [3.63, 3.8) is 0 Å². The predicted octanol–water partition coefficient (Wildman–Crippen LogP) is 3.44. The number of carbonyl (C=O) groups is 1. The molecule has 28 heavy (non-hydrogen) atoms. The predicted molar refractivity (Wildman–Crippen MR) is 110 cm³/mol. The van der Waals surface area contributed by atoms with Gasteiger partial charge in [0.15, 0.2) is 0 Å². The zero-order valence-electron chi connectivity index (χ0n) is 15.3. The first-order chi connectivity index (χ1) is 13.5. The highest BCUT2D eigenvalue weighted by Gasteiger charge is 2.33. The summed E-state index contributed by atoms with van der Waals surface area (Å²) in [6.07, 6.45) is 0.828. The van der Waals surface area contributed by atoms with Gasteiger partial charge in [-0.15, -0.1) is 11.3 Å². The molecular weight excluding hydrogens is 392 g/mol. The Morgan fingerprint density at radius 3 is 2.46 bits per heavy atom. The van der Waals surface area contributed by atoms with Crippen molar-refractivity contribution in [1.29, 1.82) is 0 Å². The van der Waals surface area contributed by atoms with Gasteiger partial charge in [0.05, 0.1) is 10.9 Å². The lowest BCUT2D eigenvalue weighted by atomic mass is 9.92. The average molecular weight is 413 g/mol. The number of thiophene rings is 1. The molecular formula is C21H20N2O3S2. The molecule has 144 valence electrons.